The monoisotopic (exact) mass is 315 g/mol. The molecule has 0 aromatic carbocycles. The van der Waals surface area contributed by atoms with Crippen LogP contribution in [0.2, 0.25) is 0 Å². The molecule has 7 heteroatoms. The van der Waals surface area contributed by atoms with Gasteiger partial charge in [0.25, 0.3) is 5.91 Å². The lowest BCUT2D eigenvalue weighted by molar-refractivity contribution is -0.123. The lowest BCUT2D eigenvalue weighted by Crippen LogP contribution is -2.52. The second kappa shape index (κ2) is 8.05. The molecule has 2 heterocycles. The van der Waals surface area contributed by atoms with Gasteiger partial charge in [0.05, 0.1) is 11.8 Å². The third-order valence-electron chi connectivity index (χ3n) is 3.49. The highest BCUT2D eigenvalue weighted by molar-refractivity contribution is 5.97. The summed E-state index contributed by atoms with van der Waals surface area (Å²) < 4.78 is 4.84. The molecule has 1 fully saturated rings. The van der Waals surface area contributed by atoms with Crippen molar-refractivity contribution in [2.75, 3.05) is 6.54 Å². The molecule has 3 unspecified atom stereocenters. The third kappa shape index (κ3) is 5.06. The van der Waals surface area contributed by atoms with Crippen LogP contribution in [0.5, 0.6) is 0 Å². The van der Waals surface area contributed by atoms with Crippen LogP contribution in [0.15, 0.2) is 23.0 Å². The first-order valence-electron chi connectivity index (χ1n) is 6.93. The fraction of sp³-hybridized carbons (Fsp3) is 0.571. The topological polar surface area (TPSA) is 83.4 Å². The number of rotatable bonds is 4. The summed E-state index contributed by atoms with van der Waals surface area (Å²) in [7, 11) is 0. The molecule has 3 N–H and O–H groups in total. The first kappa shape index (κ1) is 17.5. The van der Waals surface area contributed by atoms with Crippen LogP contribution in [0.25, 0.3) is 0 Å². The number of furan rings is 1. The number of halogens is 1. The highest BCUT2D eigenvalue weighted by Gasteiger charge is 2.23. The quantitative estimate of drug-likeness (QED) is 0.776. The Morgan fingerprint density at radius 2 is 2.24 bits per heavy atom. The van der Waals surface area contributed by atoms with E-state index >= 15 is 0 Å². The van der Waals surface area contributed by atoms with Crippen molar-refractivity contribution in [1.29, 1.82) is 0 Å². The maximum Gasteiger partial charge on any atom is 0.255 e. The smallest absolute Gasteiger partial charge is 0.255 e. The van der Waals surface area contributed by atoms with Crippen LogP contribution in [0.4, 0.5) is 0 Å². The zero-order valence-electron chi connectivity index (χ0n) is 12.2. The van der Waals surface area contributed by atoms with Gasteiger partial charge in [-0.05, 0) is 39.3 Å². The average Bonchev–Trinajstić information content (AvgIpc) is 2.92. The molecule has 0 saturated carbocycles. The summed E-state index contributed by atoms with van der Waals surface area (Å²) in [5.41, 5.74) is 0.417. The van der Waals surface area contributed by atoms with Crippen molar-refractivity contribution < 1.29 is 14.0 Å². The zero-order valence-corrected chi connectivity index (χ0v) is 13.0. The summed E-state index contributed by atoms with van der Waals surface area (Å²) in [5.74, 6) is -0.457. The Labute approximate surface area is 130 Å². The van der Waals surface area contributed by atoms with Crippen LogP contribution in [-0.4, -0.2) is 36.5 Å². The lowest BCUT2D eigenvalue weighted by atomic mass is 10.0. The van der Waals surface area contributed by atoms with E-state index in [1.807, 2.05) is 0 Å². The second-order valence-corrected chi connectivity index (χ2v) is 5.29. The van der Waals surface area contributed by atoms with E-state index in [2.05, 4.69) is 22.9 Å². The van der Waals surface area contributed by atoms with Gasteiger partial charge in [0.15, 0.2) is 0 Å². The molecular formula is C14H22ClN3O3. The Balaban J connectivity index is 0.00000220. The van der Waals surface area contributed by atoms with Gasteiger partial charge in [0, 0.05) is 12.1 Å². The van der Waals surface area contributed by atoms with Gasteiger partial charge in [-0.3, -0.25) is 9.59 Å². The molecule has 1 aromatic rings. The largest absolute Gasteiger partial charge is 0.472 e. The number of carbonyl (C=O) groups is 2. The van der Waals surface area contributed by atoms with Gasteiger partial charge < -0.3 is 20.4 Å². The van der Waals surface area contributed by atoms with Crippen LogP contribution in [-0.2, 0) is 4.79 Å². The van der Waals surface area contributed by atoms with Gasteiger partial charge in [0.1, 0.15) is 12.3 Å². The van der Waals surface area contributed by atoms with Crippen molar-refractivity contribution in [3.63, 3.8) is 0 Å². The van der Waals surface area contributed by atoms with E-state index in [1.54, 1.807) is 13.0 Å². The van der Waals surface area contributed by atoms with Crippen molar-refractivity contribution in [2.24, 2.45) is 0 Å². The molecule has 1 saturated heterocycles. The lowest BCUT2D eigenvalue weighted by Gasteiger charge is -2.29. The van der Waals surface area contributed by atoms with E-state index in [-0.39, 0.29) is 30.3 Å². The Kier molecular flexibility index (Phi) is 6.71. The van der Waals surface area contributed by atoms with E-state index in [9.17, 15) is 9.59 Å². The average molecular weight is 316 g/mol. The number of hydrogen-bond donors (Lipinski definition) is 3. The van der Waals surface area contributed by atoms with E-state index < -0.39 is 6.04 Å². The maximum absolute atomic E-state index is 12.1. The molecule has 1 aliphatic rings. The van der Waals surface area contributed by atoms with E-state index in [0.29, 0.717) is 11.6 Å². The van der Waals surface area contributed by atoms with Crippen LogP contribution >= 0.6 is 12.4 Å². The number of piperidine rings is 1. The molecule has 118 valence electrons. The van der Waals surface area contributed by atoms with Crippen LogP contribution in [0.1, 0.15) is 37.0 Å². The first-order valence-corrected chi connectivity index (χ1v) is 6.93. The second-order valence-electron chi connectivity index (χ2n) is 5.29. The minimum Gasteiger partial charge on any atom is -0.472 e. The molecule has 1 aromatic heterocycles. The number of nitrogens with one attached hydrogen (secondary N) is 3. The van der Waals surface area contributed by atoms with Crippen molar-refractivity contribution in [3.05, 3.63) is 24.2 Å². The van der Waals surface area contributed by atoms with Gasteiger partial charge in [-0.25, -0.2) is 0 Å². The molecule has 0 bridgehead atoms. The third-order valence-corrected chi connectivity index (χ3v) is 3.49. The summed E-state index contributed by atoms with van der Waals surface area (Å²) in [5, 5.41) is 8.97. The Morgan fingerprint density at radius 3 is 2.86 bits per heavy atom. The van der Waals surface area contributed by atoms with E-state index in [0.717, 1.165) is 19.4 Å². The van der Waals surface area contributed by atoms with Crippen LogP contribution < -0.4 is 16.0 Å². The maximum atomic E-state index is 12.1. The number of amides is 2. The SMILES string of the molecule is CC1CC(NC(=O)C(C)NC(=O)c2ccoc2)CCN1.Cl. The molecule has 0 spiro atoms. The Hall–Kier alpha value is -1.53. The molecule has 2 rings (SSSR count). The number of hydrogen-bond acceptors (Lipinski definition) is 4. The van der Waals surface area contributed by atoms with Gasteiger partial charge in [-0.2, -0.15) is 0 Å². The number of carbonyl (C=O) groups excluding carboxylic acids is 2. The van der Waals surface area contributed by atoms with E-state index in [1.165, 1.54) is 12.5 Å². The van der Waals surface area contributed by atoms with Crippen molar-refractivity contribution in [3.8, 4) is 0 Å². The summed E-state index contributed by atoms with van der Waals surface area (Å²) in [4.78, 5) is 23.9. The van der Waals surface area contributed by atoms with Crippen molar-refractivity contribution in [1.82, 2.24) is 16.0 Å². The predicted octanol–water partition coefficient (Wildman–Crippen LogP) is 1.08. The fourth-order valence-electron chi connectivity index (χ4n) is 2.33. The molecule has 0 radical (unpaired) electrons. The van der Waals surface area contributed by atoms with Gasteiger partial charge in [-0.15, -0.1) is 12.4 Å². The minimum atomic E-state index is -0.567. The van der Waals surface area contributed by atoms with Gasteiger partial charge >= 0.3 is 0 Å². The summed E-state index contributed by atoms with van der Waals surface area (Å²) >= 11 is 0. The summed E-state index contributed by atoms with van der Waals surface area (Å²) in [6.07, 6.45) is 4.61. The molecule has 6 nitrogen and oxygen atoms in total. The highest BCUT2D eigenvalue weighted by atomic mass is 35.5. The van der Waals surface area contributed by atoms with Crippen LogP contribution in [0, 0.1) is 0 Å². The molecule has 1 aliphatic heterocycles. The molecular weight excluding hydrogens is 294 g/mol. The van der Waals surface area contributed by atoms with E-state index in [4.69, 9.17) is 4.42 Å². The van der Waals surface area contributed by atoms with Crippen LogP contribution in [0.3, 0.4) is 0 Å². The van der Waals surface area contributed by atoms with Gasteiger partial charge in [-0.1, -0.05) is 0 Å². The summed E-state index contributed by atoms with van der Waals surface area (Å²) in [6, 6.07) is 1.58. The molecule has 3 atom stereocenters. The van der Waals surface area contributed by atoms with Crippen molar-refractivity contribution >= 4 is 24.2 Å². The van der Waals surface area contributed by atoms with Gasteiger partial charge in [0.2, 0.25) is 5.91 Å². The molecule has 2 amide bonds. The zero-order chi connectivity index (χ0) is 14.5. The predicted molar refractivity (Wildman–Crippen MR) is 81.5 cm³/mol. The Bertz CT molecular complexity index is 464. The minimum absolute atomic E-state index is 0. The molecule has 0 aliphatic carbocycles. The normalized spacial score (nSPS) is 22.8. The summed E-state index contributed by atoms with van der Waals surface area (Å²) in [6.45, 7) is 4.68. The van der Waals surface area contributed by atoms with Crippen molar-refractivity contribution in [2.45, 2.75) is 44.8 Å². The first-order chi connectivity index (χ1) is 9.56. The molecule has 21 heavy (non-hydrogen) atoms. The standard InChI is InChI=1S/C14H21N3O3.ClH/c1-9-7-12(3-5-15-9)17-13(18)10(2)16-14(19)11-4-6-20-8-11;/h4,6,8-10,12,15H,3,5,7H2,1-2H3,(H,16,19)(H,17,18);1H. The fourth-order valence-corrected chi connectivity index (χ4v) is 2.33. The highest BCUT2D eigenvalue weighted by Crippen LogP contribution is 2.08. The Morgan fingerprint density at radius 1 is 1.48 bits per heavy atom.